The van der Waals surface area contributed by atoms with Crippen molar-refractivity contribution in [2.24, 2.45) is 0 Å². The van der Waals surface area contributed by atoms with Crippen molar-refractivity contribution in [3.05, 3.63) is 17.7 Å². The van der Waals surface area contributed by atoms with Crippen LogP contribution in [0.1, 0.15) is 17.3 Å². The third-order valence-corrected chi connectivity index (χ3v) is 5.60. The third-order valence-electron chi connectivity index (χ3n) is 5.60. The number of hydrogen-bond donors (Lipinski definition) is 9. The van der Waals surface area contributed by atoms with Crippen molar-refractivity contribution >= 4 is 5.78 Å². The molecule has 0 radical (unpaired) electrons. The van der Waals surface area contributed by atoms with Crippen LogP contribution in [0.5, 0.6) is 17.2 Å². The van der Waals surface area contributed by atoms with Gasteiger partial charge in [0.1, 0.15) is 71.6 Å². The van der Waals surface area contributed by atoms with Crippen molar-refractivity contribution in [3.8, 4) is 17.2 Å². The first-order valence-electron chi connectivity index (χ1n) is 10.3. The second-order valence-electron chi connectivity index (χ2n) is 8.00. The Kier molecular flexibility index (Phi) is 8.30. The average molecular weight is 492 g/mol. The molecule has 0 aliphatic carbocycles. The van der Waals surface area contributed by atoms with Crippen molar-refractivity contribution in [2.75, 3.05) is 13.2 Å². The molecule has 14 heteroatoms. The lowest BCUT2D eigenvalue weighted by Crippen LogP contribution is -2.60. The predicted molar refractivity (Wildman–Crippen MR) is 107 cm³/mol. The minimum absolute atomic E-state index is 0.258. The molecule has 14 nitrogen and oxygen atoms in total. The average Bonchev–Trinajstić information content (AvgIpc) is 2.79. The van der Waals surface area contributed by atoms with Crippen molar-refractivity contribution in [1.29, 1.82) is 0 Å². The number of carbonyl (C=O) groups excluding carboxylic acids is 1. The quantitative estimate of drug-likeness (QED) is 0.165. The van der Waals surface area contributed by atoms with Crippen LogP contribution < -0.4 is 9.47 Å². The van der Waals surface area contributed by atoms with Gasteiger partial charge in [-0.05, 0) is 6.92 Å². The summed E-state index contributed by atoms with van der Waals surface area (Å²) in [5.41, 5.74) is -0.363. The number of rotatable bonds is 7. The molecule has 9 N–H and O–H groups in total. The van der Waals surface area contributed by atoms with Gasteiger partial charge in [0, 0.05) is 12.1 Å². The zero-order chi connectivity index (χ0) is 25.3. The molecule has 10 atom stereocenters. The lowest BCUT2D eigenvalue weighted by molar-refractivity contribution is -0.278. The minimum Gasteiger partial charge on any atom is -0.507 e. The Balaban J connectivity index is 1.89. The topological polar surface area (TPSA) is 236 Å². The van der Waals surface area contributed by atoms with Crippen LogP contribution in [-0.2, 0) is 9.47 Å². The molecule has 0 bridgehead atoms. The van der Waals surface area contributed by atoms with E-state index in [1.807, 2.05) is 0 Å². The standard InChI is InChI=1S/C20H28O14/c1-6(23)12-8(24)2-7(31-19-17(29)15(27)13(25)10(4-21)33-19)3-9(12)32-20-18(30)16(28)14(26)11(5-22)34-20/h2-3,10-11,13-22,24-30H,4-5H2,1H3. The van der Waals surface area contributed by atoms with Crippen LogP contribution in [0.4, 0.5) is 0 Å². The number of benzene rings is 1. The molecule has 2 aliphatic rings. The Bertz CT molecular complexity index is 860. The number of ketones is 1. The molecule has 0 saturated carbocycles. The summed E-state index contributed by atoms with van der Waals surface area (Å²) in [5.74, 6) is -1.96. The van der Waals surface area contributed by atoms with E-state index < -0.39 is 91.9 Å². The molecule has 3 rings (SSSR count). The molecule has 1 aromatic carbocycles. The summed E-state index contributed by atoms with van der Waals surface area (Å²) < 4.78 is 21.4. The molecule has 10 unspecified atom stereocenters. The van der Waals surface area contributed by atoms with Crippen LogP contribution in [0.3, 0.4) is 0 Å². The first-order chi connectivity index (χ1) is 16.0. The molecular formula is C20H28O14. The number of carbonyl (C=O) groups is 1. The van der Waals surface area contributed by atoms with Crippen LogP contribution in [0.15, 0.2) is 12.1 Å². The van der Waals surface area contributed by atoms with Gasteiger partial charge in [-0.2, -0.15) is 0 Å². The first kappa shape index (κ1) is 26.5. The van der Waals surface area contributed by atoms with E-state index in [0.717, 1.165) is 19.1 Å². The van der Waals surface area contributed by atoms with E-state index in [2.05, 4.69) is 0 Å². The van der Waals surface area contributed by atoms with E-state index in [1.165, 1.54) is 0 Å². The summed E-state index contributed by atoms with van der Waals surface area (Å²) in [6.45, 7) is -0.325. The van der Waals surface area contributed by atoms with Crippen LogP contribution in [-0.4, -0.2) is 126 Å². The maximum absolute atomic E-state index is 12.1. The zero-order valence-corrected chi connectivity index (χ0v) is 17.9. The van der Waals surface area contributed by atoms with Crippen molar-refractivity contribution in [1.82, 2.24) is 0 Å². The van der Waals surface area contributed by atoms with Gasteiger partial charge < -0.3 is 64.9 Å². The lowest BCUT2D eigenvalue weighted by atomic mass is 9.99. The van der Waals surface area contributed by atoms with Gasteiger partial charge in [0.2, 0.25) is 12.6 Å². The van der Waals surface area contributed by atoms with E-state index in [0.29, 0.717) is 0 Å². The second-order valence-corrected chi connectivity index (χ2v) is 8.00. The highest BCUT2D eigenvalue weighted by atomic mass is 16.7. The third kappa shape index (κ3) is 5.11. The minimum atomic E-state index is -1.81. The van der Waals surface area contributed by atoms with Crippen LogP contribution in [0, 0.1) is 0 Å². The number of Topliss-reactive ketones (excluding diaryl/α,β-unsaturated/α-hetero) is 1. The predicted octanol–water partition coefficient (Wildman–Crippen LogP) is -4.05. The van der Waals surface area contributed by atoms with E-state index >= 15 is 0 Å². The Morgan fingerprint density at radius 2 is 1.26 bits per heavy atom. The van der Waals surface area contributed by atoms with E-state index in [9.17, 15) is 50.8 Å². The summed E-state index contributed by atoms with van der Waals surface area (Å²) in [7, 11) is 0. The summed E-state index contributed by atoms with van der Waals surface area (Å²) in [5, 5.41) is 89.0. The van der Waals surface area contributed by atoms with Gasteiger partial charge in [-0.15, -0.1) is 0 Å². The summed E-state index contributed by atoms with van der Waals surface area (Å²) in [4.78, 5) is 12.1. The fraction of sp³-hybridized carbons (Fsp3) is 0.650. The Labute approximate surface area is 192 Å². The van der Waals surface area contributed by atoms with Crippen LogP contribution in [0.2, 0.25) is 0 Å². The summed E-state index contributed by atoms with van der Waals surface area (Å²) in [6, 6.07) is 2.03. The molecule has 2 aliphatic heterocycles. The van der Waals surface area contributed by atoms with Crippen molar-refractivity contribution in [2.45, 2.75) is 68.3 Å². The number of phenolic OH excluding ortho intramolecular Hbond substituents is 1. The van der Waals surface area contributed by atoms with Crippen LogP contribution in [0.25, 0.3) is 0 Å². The smallest absolute Gasteiger partial charge is 0.229 e. The van der Waals surface area contributed by atoms with Gasteiger partial charge in [-0.25, -0.2) is 0 Å². The van der Waals surface area contributed by atoms with Crippen LogP contribution >= 0.6 is 0 Å². The molecule has 2 fully saturated rings. The Morgan fingerprint density at radius 1 is 0.794 bits per heavy atom. The zero-order valence-electron chi connectivity index (χ0n) is 17.9. The maximum Gasteiger partial charge on any atom is 0.229 e. The molecule has 0 aromatic heterocycles. The molecule has 2 saturated heterocycles. The fourth-order valence-electron chi connectivity index (χ4n) is 3.68. The normalized spacial score (nSPS) is 38.4. The van der Waals surface area contributed by atoms with Gasteiger partial charge in [0.25, 0.3) is 0 Å². The van der Waals surface area contributed by atoms with Gasteiger partial charge in [0.05, 0.1) is 13.2 Å². The second kappa shape index (κ2) is 10.7. The Morgan fingerprint density at radius 3 is 1.71 bits per heavy atom. The summed E-state index contributed by atoms with van der Waals surface area (Å²) in [6.07, 6.45) is -16.2. The number of phenols is 1. The highest BCUT2D eigenvalue weighted by Gasteiger charge is 2.46. The van der Waals surface area contributed by atoms with Crippen molar-refractivity contribution < 1.29 is 69.7 Å². The van der Waals surface area contributed by atoms with Gasteiger partial charge >= 0.3 is 0 Å². The molecule has 0 spiro atoms. The first-order valence-corrected chi connectivity index (χ1v) is 10.3. The fourth-order valence-corrected chi connectivity index (χ4v) is 3.68. The van der Waals surface area contributed by atoms with E-state index in [-0.39, 0.29) is 11.3 Å². The highest BCUT2D eigenvalue weighted by molar-refractivity contribution is 5.99. The van der Waals surface area contributed by atoms with E-state index in [4.69, 9.17) is 18.9 Å². The summed E-state index contributed by atoms with van der Waals surface area (Å²) >= 11 is 0. The van der Waals surface area contributed by atoms with Gasteiger partial charge in [-0.3, -0.25) is 4.79 Å². The Hall–Kier alpha value is -2.11. The van der Waals surface area contributed by atoms with E-state index in [1.54, 1.807) is 0 Å². The maximum atomic E-state index is 12.1. The number of ether oxygens (including phenoxy) is 4. The van der Waals surface area contributed by atoms with Crippen molar-refractivity contribution in [3.63, 3.8) is 0 Å². The highest BCUT2D eigenvalue weighted by Crippen LogP contribution is 2.37. The SMILES string of the molecule is CC(=O)c1c(O)cc(OC2OC(CO)C(O)C(O)C2O)cc1OC1OC(CO)C(O)C(O)C1O. The lowest BCUT2D eigenvalue weighted by Gasteiger charge is -2.40. The molecular weight excluding hydrogens is 464 g/mol. The van der Waals surface area contributed by atoms with Gasteiger partial charge in [0.15, 0.2) is 5.78 Å². The molecule has 34 heavy (non-hydrogen) atoms. The molecule has 2 heterocycles. The number of aliphatic hydroxyl groups is 8. The molecule has 192 valence electrons. The number of aliphatic hydroxyl groups excluding tert-OH is 8. The largest absolute Gasteiger partial charge is 0.507 e. The number of hydrogen-bond acceptors (Lipinski definition) is 14. The van der Waals surface area contributed by atoms with Gasteiger partial charge in [-0.1, -0.05) is 0 Å². The number of aromatic hydroxyl groups is 1. The monoisotopic (exact) mass is 492 g/mol. The molecule has 1 aromatic rings. The molecule has 0 amide bonds.